The zero-order valence-electron chi connectivity index (χ0n) is 9.53. The van der Waals surface area contributed by atoms with Crippen molar-refractivity contribution in [2.75, 3.05) is 6.26 Å². The third kappa shape index (κ3) is 2.49. The summed E-state index contributed by atoms with van der Waals surface area (Å²) in [4.78, 5) is 3.99. The molecule has 1 heterocycles. The monoisotopic (exact) mass is 240 g/mol. The van der Waals surface area contributed by atoms with Crippen LogP contribution in [0.2, 0.25) is 0 Å². The SMILES string of the molecule is Cc1nc(C#N)c(OS(C)(=O)=O)c(C)c1C. The van der Waals surface area contributed by atoms with Crippen molar-refractivity contribution >= 4 is 10.1 Å². The molecule has 0 aliphatic heterocycles. The van der Waals surface area contributed by atoms with Gasteiger partial charge < -0.3 is 4.18 Å². The molecule has 0 aliphatic carbocycles. The average Bonchev–Trinajstić information content (AvgIpc) is 2.17. The van der Waals surface area contributed by atoms with E-state index in [1.54, 1.807) is 20.8 Å². The van der Waals surface area contributed by atoms with Crippen LogP contribution in [-0.4, -0.2) is 19.7 Å². The lowest BCUT2D eigenvalue weighted by Crippen LogP contribution is -2.10. The summed E-state index contributed by atoms with van der Waals surface area (Å²) in [6.07, 6.45) is 0.933. The molecule has 0 fully saturated rings. The molecular formula is C10H12N2O3S. The molecule has 1 rings (SSSR count). The quantitative estimate of drug-likeness (QED) is 0.726. The highest BCUT2D eigenvalue weighted by atomic mass is 32.2. The molecular weight excluding hydrogens is 228 g/mol. The molecule has 0 atom stereocenters. The first-order valence-electron chi connectivity index (χ1n) is 4.53. The van der Waals surface area contributed by atoms with Crippen molar-refractivity contribution in [3.63, 3.8) is 0 Å². The van der Waals surface area contributed by atoms with E-state index in [9.17, 15) is 8.42 Å². The van der Waals surface area contributed by atoms with E-state index in [1.807, 2.05) is 6.07 Å². The Morgan fingerprint density at radius 1 is 1.25 bits per heavy atom. The van der Waals surface area contributed by atoms with Gasteiger partial charge in [-0.05, 0) is 26.3 Å². The van der Waals surface area contributed by atoms with Gasteiger partial charge in [-0.2, -0.15) is 13.7 Å². The van der Waals surface area contributed by atoms with E-state index in [4.69, 9.17) is 9.44 Å². The molecule has 5 nitrogen and oxygen atoms in total. The van der Waals surface area contributed by atoms with E-state index in [0.717, 1.165) is 11.8 Å². The highest BCUT2D eigenvalue weighted by molar-refractivity contribution is 7.86. The molecule has 1 aromatic rings. The number of pyridine rings is 1. The largest absolute Gasteiger partial charge is 0.379 e. The number of nitriles is 1. The zero-order valence-corrected chi connectivity index (χ0v) is 10.3. The molecule has 0 saturated carbocycles. The van der Waals surface area contributed by atoms with Crippen molar-refractivity contribution in [1.29, 1.82) is 5.26 Å². The lowest BCUT2D eigenvalue weighted by molar-refractivity contribution is 0.488. The van der Waals surface area contributed by atoms with E-state index >= 15 is 0 Å². The van der Waals surface area contributed by atoms with Crippen molar-refractivity contribution in [1.82, 2.24) is 4.98 Å². The number of aromatic nitrogens is 1. The molecule has 1 aromatic heterocycles. The van der Waals surface area contributed by atoms with E-state index in [2.05, 4.69) is 4.98 Å². The van der Waals surface area contributed by atoms with Crippen molar-refractivity contribution in [2.24, 2.45) is 0 Å². The Balaban J connectivity index is 3.50. The Kier molecular flexibility index (Phi) is 3.19. The van der Waals surface area contributed by atoms with Gasteiger partial charge in [0.25, 0.3) is 0 Å². The minimum atomic E-state index is -3.65. The van der Waals surface area contributed by atoms with Crippen molar-refractivity contribution in [3.8, 4) is 11.8 Å². The summed E-state index contributed by atoms with van der Waals surface area (Å²) in [6, 6.07) is 1.83. The molecule has 0 radical (unpaired) electrons. The summed E-state index contributed by atoms with van der Waals surface area (Å²) in [5, 5.41) is 8.87. The van der Waals surface area contributed by atoms with Crippen LogP contribution in [0.1, 0.15) is 22.5 Å². The van der Waals surface area contributed by atoms with Crippen LogP contribution in [0, 0.1) is 32.1 Å². The van der Waals surface area contributed by atoms with Crippen LogP contribution in [0.5, 0.6) is 5.75 Å². The maximum absolute atomic E-state index is 11.1. The molecule has 0 bridgehead atoms. The van der Waals surface area contributed by atoms with Gasteiger partial charge in [0.05, 0.1) is 6.26 Å². The predicted octanol–water partition coefficient (Wildman–Crippen LogP) is 1.22. The first-order chi connectivity index (χ1) is 7.26. The third-order valence-electron chi connectivity index (χ3n) is 2.28. The molecule has 16 heavy (non-hydrogen) atoms. The standard InChI is InChI=1S/C10H12N2O3S/c1-6-7(2)10(15-16(4,13)14)9(5-11)12-8(6)3/h1-4H3. The Hall–Kier alpha value is -1.61. The molecule has 0 N–H and O–H groups in total. The normalized spacial score (nSPS) is 10.9. The van der Waals surface area contributed by atoms with Gasteiger partial charge >= 0.3 is 10.1 Å². The number of nitrogens with zero attached hydrogens (tertiary/aromatic N) is 2. The summed E-state index contributed by atoms with van der Waals surface area (Å²) < 4.78 is 26.9. The highest BCUT2D eigenvalue weighted by Crippen LogP contribution is 2.27. The third-order valence-corrected chi connectivity index (χ3v) is 2.75. The molecule has 6 heteroatoms. The lowest BCUT2D eigenvalue weighted by Gasteiger charge is -2.11. The summed E-state index contributed by atoms with van der Waals surface area (Å²) in [7, 11) is -3.65. The molecule has 0 aromatic carbocycles. The zero-order chi connectivity index (χ0) is 12.5. The van der Waals surface area contributed by atoms with Gasteiger partial charge in [0.1, 0.15) is 6.07 Å². The van der Waals surface area contributed by atoms with Gasteiger partial charge in [-0.15, -0.1) is 0 Å². The van der Waals surface area contributed by atoms with Gasteiger partial charge in [0.2, 0.25) is 0 Å². The molecule has 0 aliphatic rings. The minimum absolute atomic E-state index is 0.00831. The van der Waals surface area contributed by atoms with Gasteiger partial charge in [0.15, 0.2) is 11.4 Å². The lowest BCUT2D eigenvalue weighted by atomic mass is 10.1. The fraction of sp³-hybridized carbons (Fsp3) is 0.400. The van der Waals surface area contributed by atoms with Crippen molar-refractivity contribution in [2.45, 2.75) is 20.8 Å². The topological polar surface area (TPSA) is 80.0 Å². The number of hydrogen-bond donors (Lipinski definition) is 0. The molecule has 0 saturated heterocycles. The number of aryl methyl sites for hydroxylation is 1. The Morgan fingerprint density at radius 3 is 2.25 bits per heavy atom. The highest BCUT2D eigenvalue weighted by Gasteiger charge is 2.17. The fourth-order valence-electron chi connectivity index (χ4n) is 1.25. The van der Waals surface area contributed by atoms with Crippen LogP contribution in [0.25, 0.3) is 0 Å². The summed E-state index contributed by atoms with van der Waals surface area (Å²) in [5.74, 6) is 0.0214. The van der Waals surface area contributed by atoms with Crippen LogP contribution in [0.3, 0.4) is 0 Å². The molecule has 0 spiro atoms. The van der Waals surface area contributed by atoms with E-state index < -0.39 is 10.1 Å². The van der Waals surface area contributed by atoms with E-state index in [1.165, 1.54) is 0 Å². The fourth-order valence-corrected chi connectivity index (χ4v) is 1.76. The summed E-state index contributed by atoms with van der Waals surface area (Å²) >= 11 is 0. The van der Waals surface area contributed by atoms with E-state index in [0.29, 0.717) is 11.3 Å². The van der Waals surface area contributed by atoms with Crippen molar-refractivity contribution < 1.29 is 12.6 Å². The summed E-state index contributed by atoms with van der Waals surface area (Å²) in [6.45, 7) is 5.26. The molecule has 86 valence electrons. The van der Waals surface area contributed by atoms with Gasteiger partial charge in [-0.25, -0.2) is 4.98 Å². The molecule has 0 unspecified atom stereocenters. The molecule has 0 amide bonds. The first-order valence-corrected chi connectivity index (χ1v) is 6.35. The van der Waals surface area contributed by atoms with Crippen LogP contribution in [-0.2, 0) is 10.1 Å². The van der Waals surface area contributed by atoms with Crippen LogP contribution >= 0.6 is 0 Å². The Bertz CT molecular complexity index is 571. The average molecular weight is 240 g/mol. The smallest absolute Gasteiger partial charge is 0.306 e. The minimum Gasteiger partial charge on any atom is -0.379 e. The van der Waals surface area contributed by atoms with Crippen LogP contribution < -0.4 is 4.18 Å². The number of rotatable bonds is 2. The summed E-state index contributed by atoms with van der Waals surface area (Å²) in [5.41, 5.74) is 2.12. The Labute approximate surface area is 94.8 Å². The maximum atomic E-state index is 11.1. The van der Waals surface area contributed by atoms with Crippen LogP contribution in [0.4, 0.5) is 0 Å². The number of hydrogen-bond acceptors (Lipinski definition) is 5. The van der Waals surface area contributed by atoms with Crippen molar-refractivity contribution in [3.05, 3.63) is 22.5 Å². The predicted molar refractivity (Wildman–Crippen MR) is 58.6 cm³/mol. The van der Waals surface area contributed by atoms with E-state index in [-0.39, 0.29) is 11.4 Å². The Morgan fingerprint density at radius 2 is 1.81 bits per heavy atom. The maximum Gasteiger partial charge on any atom is 0.306 e. The second-order valence-electron chi connectivity index (χ2n) is 3.52. The van der Waals surface area contributed by atoms with Gasteiger partial charge in [-0.3, -0.25) is 0 Å². The van der Waals surface area contributed by atoms with Crippen LogP contribution in [0.15, 0.2) is 0 Å². The first kappa shape index (κ1) is 12.5. The van der Waals surface area contributed by atoms with Gasteiger partial charge in [0, 0.05) is 11.3 Å². The second kappa shape index (κ2) is 4.10. The van der Waals surface area contributed by atoms with Gasteiger partial charge in [-0.1, -0.05) is 0 Å². The second-order valence-corrected chi connectivity index (χ2v) is 5.10.